The maximum atomic E-state index is 11.0. The quantitative estimate of drug-likeness (QED) is 0.578. The molecule has 104 valence electrons. The molecule has 0 amide bonds. The molecule has 0 bridgehead atoms. The Morgan fingerprint density at radius 1 is 1.24 bits per heavy atom. The Morgan fingerprint density at radius 3 is 2.62 bits per heavy atom. The highest BCUT2D eigenvalue weighted by molar-refractivity contribution is 5.82. The molecule has 21 heavy (non-hydrogen) atoms. The van der Waals surface area contributed by atoms with Crippen LogP contribution in [0.5, 0.6) is 0 Å². The van der Waals surface area contributed by atoms with Crippen molar-refractivity contribution in [3.63, 3.8) is 0 Å². The number of nitro groups is 1. The number of hydrogen-bond donors (Lipinski definition) is 1. The van der Waals surface area contributed by atoms with Crippen LogP contribution in [0.2, 0.25) is 0 Å². The predicted octanol–water partition coefficient (Wildman–Crippen LogP) is 2.29. The predicted molar refractivity (Wildman–Crippen MR) is 74.0 cm³/mol. The van der Waals surface area contributed by atoms with Crippen molar-refractivity contribution in [2.45, 2.75) is 0 Å². The van der Waals surface area contributed by atoms with Gasteiger partial charge in [0.15, 0.2) is 12.2 Å². The van der Waals surface area contributed by atoms with Crippen LogP contribution in [-0.4, -0.2) is 19.9 Å². The van der Waals surface area contributed by atoms with Crippen LogP contribution >= 0.6 is 0 Å². The normalized spacial score (nSPS) is 10.5. The van der Waals surface area contributed by atoms with E-state index in [9.17, 15) is 10.1 Å². The molecule has 0 fully saturated rings. The van der Waals surface area contributed by atoms with Gasteiger partial charge in [-0.15, -0.1) is 0 Å². The Bertz CT molecular complexity index is 787. The van der Waals surface area contributed by atoms with E-state index < -0.39 is 4.92 Å². The van der Waals surface area contributed by atoms with E-state index in [4.69, 9.17) is 10.2 Å². The fraction of sp³-hybridized carbons (Fsp3) is 0. The van der Waals surface area contributed by atoms with Gasteiger partial charge in [0.2, 0.25) is 5.82 Å². The first kappa shape index (κ1) is 12.7. The summed E-state index contributed by atoms with van der Waals surface area (Å²) in [6.07, 6.45) is 5.90. The van der Waals surface area contributed by atoms with E-state index in [0.29, 0.717) is 22.6 Å². The highest BCUT2D eigenvalue weighted by atomic mass is 16.6. The maximum absolute atomic E-state index is 11.0. The molecule has 0 spiro atoms. The summed E-state index contributed by atoms with van der Waals surface area (Å²) in [5.41, 5.74) is 7.02. The Balaban J connectivity index is 2.29. The molecular weight excluding hydrogens is 274 g/mol. The van der Waals surface area contributed by atoms with Gasteiger partial charge in [-0.25, -0.2) is 9.97 Å². The van der Waals surface area contributed by atoms with Gasteiger partial charge in [-0.1, -0.05) is 0 Å². The standard InChI is InChI=1S/C13H9N5O3/c14-13-10(18(19)20)5-9(8-1-3-15-4-2-8)12(17-13)11-6-16-7-21-11/h1-7H,(H2,14,17). The average Bonchev–Trinajstić information content (AvgIpc) is 3.01. The molecule has 0 radical (unpaired) electrons. The van der Waals surface area contributed by atoms with E-state index in [2.05, 4.69) is 15.0 Å². The van der Waals surface area contributed by atoms with E-state index in [0.717, 1.165) is 0 Å². The molecule has 8 heteroatoms. The lowest BCUT2D eigenvalue weighted by Gasteiger charge is -2.08. The monoisotopic (exact) mass is 283 g/mol. The van der Waals surface area contributed by atoms with Gasteiger partial charge in [-0.2, -0.15) is 0 Å². The van der Waals surface area contributed by atoms with Crippen molar-refractivity contribution in [3.05, 3.63) is 53.3 Å². The molecule has 0 unspecified atom stereocenters. The summed E-state index contributed by atoms with van der Waals surface area (Å²) in [5.74, 6) is 0.201. The van der Waals surface area contributed by atoms with Crippen molar-refractivity contribution in [1.82, 2.24) is 15.0 Å². The van der Waals surface area contributed by atoms with Gasteiger partial charge < -0.3 is 10.2 Å². The lowest BCUT2D eigenvalue weighted by Crippen LogP contribution is -2.01. The second kappa shape index (κ2) is 5.00. The Labute approximate surface area is 118 Å². The van der Waals surface area contributed by atoms with E-state index in [-0.39, 0.29) is 11.5 Å². The zero-order valence-corrected chi connectivity index (χ0v) is 10.6. The highest BCUT2D eigenvalue weighted by Gasteiger charge is 2.21. The van der Waals surface area contributed by atoms with E-state index in [1.165, 1.54) is 18.7 Å². The fourth-order valence-electron chi connectivity index (χ4n) is 1.94. The topological polar surface area (TPSA) is 121 Å². The largest absolute Gasteiger partial charge is 0.442 e. The summed E-state index contributed by atoms with van der Waals surface area (Å²) in [7, 11) is 0. The number of rotatable bonds is 3. The third kappa shape index (κ3) is 2.29. The van der Waals surface area contributed by atoms with E-state index in [1.807, 2.05) is 0 Å². The zero-order chi connectivity index (χ0) is 14.8. The summed E-state index contributed by atoms with van der Waals surface area (Å²) in [6.45, 7) is 0. The number of aromatic nitrogens is 3. The van der Waals surface area contributed by atoms with Crippen LogP contribution < -0.4 is 5.73 Å². The van der Waals surface area contributed by atoms with Crippen molar-refractivity contribution in [2.24, 2.45) is 0 Å². The molecule has 8 nitrogen and oxygen atoms in total. The number of hydrogen-bond acceptors (Lipinski definition) is 7. The van der Waals surface area contributed by atoms with Crippen molar-refractivity contribution in [1.29, 1.82) is 0 Å². The van der Waals surface area contributed by atoms with Crippen LogP contribution in [0.1, 0.15) is 0 Å². The van der Waals surface area contributed by atoms with Gasteiger partial charge in [0.25, 0.3) is 0 Å². The summed E-state index contributed by atoms with van der Waals surface area (Å²) >= 11 is 0. The van der Waals surface area contributed by atoms with Crippen LogP contribution in [0.25, 0.3) is 22.6 Å². The molecular formula is C13H9N5O3. The first-order valence-electron chi connectivity index (χ1n) is 5.91. The average molecular weight is 283 g/mol. The lowest BCUT2D eigenvalue weighted by atomic mass is 10.0. The molecule has 0 atom stereocenters. The minimum atomic E-state index is -0.572. The minimum Gasteiger partial charge on any atom is -0.442 e. The van der Waals surface area contributed by atoms with Crippen LogP contribution in [0.15, 0.2) is 47.6 Å². The van der Waals surface area contributed by atoms with E-state index in [1.54, 1.807) is 24.5 Å². The van der Waals surface area contributed by atoms with Crippen molar-refractivity contribution >= 4 is 11.5 Å². The summed E-state index contributed by atoms with van der Waals surface area (Å²) in [5, 5.41) is 11.0. The molecule has 3 heterocycles. The van der Waals surface area contributed by atoms with Gasteiger partial charge in [0, 0.05) is 24.0 Å². The summed E-state index contributed by atoms with van der Waals surface area (Å²) in [4.78, 5) is 22.3. The van der Waals surface area contributed by atoms with Crippen molar-refractivity contribution in [3.8, 4) is 22.6 Å². The molecule has 0 aliphatic heterocycles. The first-order chi connectivity index (χ1) is 10.2. The maximum Gasteiger partial charge on any atom is 0.311 e. The highest BCUT2D eigenvalue weighted by Crippen LogP contribution is 2.35. The number of nitrogens with zero attached hydrogens (tertiary/aromatic N) is 4. The molecule has 0 saturated carbocycles. The molecule has 0 saturated heterocycles. The molecule has 3 rings (SSSR count). The third-order valence-corrected chi connectivity index (χ3v) is 2.88. The SMILES string of the molecule is Nc1nc(-c2cnco2)c(-c2ccncc2)cc1[N+](=O)[O-]. The van der Waals surface area contributed by atoms with Gasteiger partial charge in [0.1, 0.15) is 5.69 Å². The fourth-order valence-corrected chi connectivity index (χ4v) is 1.94. The zero-order valence-electron chi connectivity index (χ0n) is 10.6. The van der Waals surface area contributed by atoms with Gasteiger partial charge >= 0.3 is 5.69 Å². The molecule has 0 aliphatic carbocycles. The van der Waals surface area contributed by atoms with E-state index >= 15 is 0 Å². The molecule has 2 N–H and O–H groups in total. The first-order valence-corrected chi connectivity index (χ1v) is 5.91. The number of oxazole rings is 1. The number of anilines is 1. The third-order valence-electron chi connectivity index (χ3n) is 2.88. The number of pyridine rings is 2. The lowest BCUT2D eigenvalue weighted by molar-refractivity contribution is -0.384. The smallest absolute Gasteiger partial charge is 0.311 e. The van der Waals surface area contributed by atoms with Crippen LogP contribution in [0.3, 0.4) is 0 Å². The second-order valence-corrected chi connectivity index (χ2v) is 4.15. The van der Waals surface area contributed by atoms with Crippen LogP contribution in [0.4, 0.5) is 11.5 Å². The van der Waals surface area contributed by atoms with Gasteiger partial charge in [0.05, 0.1) is 11.1 Å². The van der Waals surface area contributed by atoms with Gasteiger partial charge in [-0.3, -0.25) is 15.1 Å². The van der Waals surface area contributed by atoms with Crippen molar-refractivity contribution in [2.75, 3.05) is 5.73 Å². The molecule has 0 aliphatic rings. The van der Waals surface area contributed by atoms with Crippen LogP contribution in [-0.2, 0) is 0 Å². The Hall–Kier alpha value is -3.29. The molecule has 3 aromatic heterocycles. The Morgan fingerprint density at radius 2 is 2.00 bits per heavy atom. The van der Waals surface area contributed by atoms with Crippen molar-refractivity contribution < 1.29 is 9.34 Å². The minimum absolute atomic E-state index is 0.177. The molecule has 3 aromatic rings. The van der Waals surface area contributed by atoms with Crippen LogP contribution in [0, 0.1) is 10.1 Å². The molecule has 0 aromatic carbocycles. The summed E-state index contributed by atoms with van der Waals surface area (Å²) in [6, 6.07) is 4.81. The number of nitrogen functional groups attached to an aromatic ring is 1. The van der Waals surface area contributed by atoms with Gasteiger partial charge in [-0.05, 0) is 17.7 Å². The Kier molecular flexibility index (Phi) is 3.03. The summed E-state index contributed by atoms with van der Waals surface area (Å²) < 4.78 is 5.22. The second-order valence-electron chi connectivity index (χ2n) is 4.15. The number of nitrogens with two attached hydrogens (primary N) is 1.